The predicted molar refractivity (Wildman–Crippen MR) is 116 cm³/mol. The second-order valence-corrected chi connectivity index (χ2v) is 7.12. The number of methoxy groups -OCH3 is 2. The minimum absolute atomic E-state index is 0.0256. The molecule has 5 heteroatoms. The molecular weight excluding hydrogens is 352 g/mol. The zero-order valence-corrected chi connectivity index (χ0v) is 18.0. The molecular formula is C23H34N2O3. The van der Waals surface area contributed by atoms with Gasteiger partial charge in [0.2, 0.25) is 0 Å². The van der Waals surface area contributed by atoms with Gasteiger partial charge in [0, 0.05) is 43.4 Å². The topological polar surface area (TPSA) is 45.2 Å². The molecule has 0 saturated carbocycles. The Bertz CT molecular complexity index is 740. The lowest BCUT2D eigenvalue weighted by Crippen LogP contribution is -2.25. The van der Waals surface area contributed by atoms with Crippen LogP contribution < -0.4 is 14.4 Å². The molecule has 28 heavy (non-hydrogen) atoms. The van der Waals surface area contributed by atoms with Crippen LogP contribution in [-0.4, -0.2) is 58.0 Å². The summed E-state index contributed by atoms with van der Waals surface area (Å²) in [6.45, 7) is 7.32. The summed E-state index contributed by atoms with van der Waals surface area (Å²) in [6.07, 6.45) is 0.888. The summed E-state index contributed by atoms with van der Waals surface area (Å²) in [5, 5.41) is 10.8. The summed E-state index contributed by atoms with van der Waals surface area (Å²) < 4.78 is 10.9. The Morgan fingerprint density at radius 3 is 2.11 bits per heavy atom. The number of phenolic OH excluding ortho intramolecular Hbond substituents is 1. The van der Waals surface area contributed by atoms with E-state index in [-0.39, 0.29) is 11.7 Å². The maximum atomic E-state index is 10.8. The highest BCUT2D eigenvalue weighted by atomic mass is 16.5. The normalized spacial score (nSPS) is 12.1. The average molecular weight is 387 g/mol. The lowest BCUT2D eigenvalue weighted by atomic mass is 9.86. The number of rotatable bonds is 10. The third-order valence-electron chi connectivity index (χ3n) is 5.34. The van der Waals surface area contributed by atoms with Crippen molar-refractivity contribution in [2.24, 2.45) is 0 Å². The number of ether oxygens (including phenoxy) is 2. The standard InChI is InChI=1S/C23H34N2O3/c1-7-25(8-2)14-13-20(17-9-11-18(12-10-17)24(3)4)23-21(26)15-19(27-5)16-22(23)28-6/h9-12,15-16,20,26H,7-8,13-14H2,1-6H3/t20-/m1/s1. The van der Waals surface area contributed by atoms with Crippen LogP contribution >= 0.6 is 0 Å². The van der Waals surface area contributed by atoms with Crippen LogP contribution in [0.15, 0.2) is 36.4 Å². The lowest BCUT2D eigenvalue weighted by molar-refractivity contribution is 0.292. The number of hydrogen-bond acceptors (Lipinski definition) is 5. The average Bonchev–Trinajstić information content (AvgIpc) is 2.71. The molecule has 5 nitrogen and oxygen atoms in total. The first-order valence-electron chi connectivity index (χ1n) is 9.89. The Kier molecular flexibility index (Phi) is 8.00. The Morgan fingerprint density at radius 2 is 1.61 bits per heavy atom. The molecule has 0 fully saturated rings. The van der Waals surface area contributed by atoms with Gasteiger partial charge in [0.15, 0.2) is 0 Å². The second-order valence-electron chi connectivity index (χ2n) is 7.12. The van der Waals surface area contributed by atoms with Crippen LogP contribution in [-0.2, 0) is 0 Å². The smallest absolute Gasteiger partial charge is 0.130 e. The quantitative estimate of drug-likeness (QED) is 0.658. The zero-order valence-electron chi connectivity index (χ0n) is 18.0. The summed E-state index contributed by atoms with van der Waals surface area (Å²) in [6, 6.07) is 12.0. The van der Waals surface area contributed by atoms with Gasteiger partial charge in [-0.05, 0) is 43.8 Å². The van der Waals surface area contributed by atoms with E-state index in [1.54, 1.807) is 20.3 Å². The van der Waals surface area contributed by atoms with E-state index in [9.17, 15) is 5.11 Å². The fraction of sp³-hybridized carbons (Fsp3) is 0.478. The first kappa shape index (κ1) is 21.9. The van der Waals surface area contributed by atoms with Crippen LogP contribution in [0.25, 0.3) is 0 Å². The molecule has 2 aromatic carbocycles. The predicted octanol–water partition coefficient (Wildman–Crippen LogP) is 4.34. The van der Waals surface area contributed by atoms with Crippen molar-refractivity contribution in [1.82, 2.24) is 4.90 Å². The van der Waals surface area contributed by atoms with Crippen molar-refractivity contribution in [3.63, 3.8) is 0 Å². The molecule has 0 bridgehead atoms. The molecule has 0 unspecified atom stereocenters. The Labute approximate surface area is 169 Å². The van der Waals surface area contributed by atoms with Gasteiger partial charge in [-0.1, -0.05) is 26.0 Å². The number of benzene rings is 2. The first-order chi connectivity index (χ1) is 13.4. The van der Waals surface area contributed by atoms with Crippen LogP contribution in [0.2, 0.25) is 0 Å². The van der Waals surface area contributed by atoms with Crippen LogP contribution in [0.5, 0.6) is 17.2 Å². The van der Waals surface area contributed by atoms with Crippen LogP contribution in [0, 0.1) is 0 Å². The van der Waals surface area contributed by atoms with Gasteiger partial charge in [0.1, 0.15) is 17.2 Å². The molecule has 0 amide bonds. The van der Waals surface area contributed by atoms with Crippen LogP contribution in [0.1, 0.15) is 37.3 Å². The van der Waals surface area contributed by atoms with Crippen LogP contribution in [0.4, 0.5) is 5.69 Å². The van der Waals surface area contributed by atoms with Gasteiger partial charge in [-0.3, -0.25) is 0 Å². The molecule has 0 aliphatic heterocycles. The van der Waals surface area contributed by atoms with Gasteiger partial charge in [0.05, 0.1) is 14.2 Å². The lowest BCUT2D eigenvalue weighted by Gasteiger charge is -2.26. The summed E-state index contributed by atoms with van der Waals surface area (Å²) in [4.78, 5) is 4.48. The fourth-order valence-corrected chi connectivity index (χ4v) is 3.56. The van der Waals surface area contributed by atoms with Crippen molar-refractivity contribution >= 4 is 5.69 Å². The maximum absolute atomic E-state index is 10.8. The van der Waals surface area contributed by atoms with E-state index in [1.807, 2.05) is 20.2 Å². The monoisotopic (exact) mass is 386 g/mol. The number of hydrogen-bond donors (Lipinski definition) is 1. The van der Waals surface area contributed by atoms with Crippen molar-refractivity contribution in [3.8, 4) is 17.2 Å². The number of anilines is 1. The molecule has 0 spiro atoms. The number of aromatic hydroxyl groups is 1. The SMILES string of the molecule is CCN(CC)CC[C@H](c1ccc(N(C)C)cc1)c1c(O)cc(OC)cc1OC. The Morgan fingerprint density at radius 1 is 0.964 bits per heavy atom. The van der Waals surface area contributed by atoms with Gasteiger partial charge in [-0.2, -0.15) is 0 Å². The first-order valence-corrected chi connectivity index (χ1v) is 9.89. The molecule has 0 aliphatic rings. The molecule has 1 atom stereocenters. The highest BCUT2D eigenvalue weighted by Gasteiger charge is 2.24. The van der Waals surface area contributed by atoms with Gasteiger partial charge in [-0.15, -0.1) is 0 Å². The maximum Gasteiger partial charge on any atom is 0.130 e. The van der Waals surface area contributed by atoms with Gasteiger partial charge >= 0.3 is 0 Å². The molecule has 0 aromatic heterocycles. The molecule has 154 valence electrons. The highest BCUT2D eigenvalue weighted by molar-refractivity contribution is 5.56. The summed E-state index contributed by atoms with van der Waals surface area (Å²) in [7, 11) is 7.29. The van der Waals surface area contributed by atoms with E-state index >= 15 is 0 Å². The highest BCUT2D eigenvalue weighted by Crippen LogP contribution is 2.43. The summed E-state index contributed by atoms with van der Waals surface area (Å²) >= 11 is 0. The van der Waals surface area contributed by atoms with E-state index in [4.69, 9.17) is 9.47 Å². The number of phenols is 1. The van der Waals surface area contributed by atoms with Crippen molar-refractivity contribution in [3.05, 3.63) is 47.5 Å². The third kappa shape index (κ3) is 5.10. The van der Waals surface area contributed by atoms with E-state index in [1.165, 1.54) is 0 Å². The summed E-state index contributed by atoms with van der Waals surface area (Å²) in [5.41, 5.74) is 3.13. The summed E-state index contributed by atoms with van der Waals surface area (Å²) in [5.74, 6) is 1.47. The minimum Gasteiger partial charge on any atom is -0.507 e. The van der Waals surface area contributed by atoms with Crippen molar-refractivity contribution < 1.29 is 14.6 Å². The minimum atomic E-state index is 0.0256. The Hall–Kier alpha value is -2.40. The number of nitrogens with zero attached hydrogens (tertiary/aromatic N) is 2. The third-order valence-corrected chi connectivity index (χ3v) is 5.34. The second kappa shape index (κ2) is 10.2. The molecule has 2 rings (SSSR count). The van der Waals surface area contributed by atoms with Gasteiger partial charge in [0.25, 0.3) is 0 Å². The van der Waals surface area contributed by atoms with E-state index in [0.717, 1.165) is 42.9 Å². The Balaban J connectivity index is 2.49. The largest absolute Gasteiger partial charge is 0.507 e. The van der Waals surface area contributed by atoms with Gasteiger partial charge < -0.3 is 24.4 Å². The van der Waals surface area contributed by atoms with Crippen molar-refractivity contribution in [2.45, 2.75) is 26.2 Å². The fourth-order valence-electron chi connectivity index (χ4n) is 3.56. The molecule has 0 saturated heterocycles. The van der Waals surface area contributed by atoms with E-state index < -0.39 is 0 Å². The molecule has 0 heterocycles. The van der Waals surface area contributed by atoms with E-state index in [2.05, 4.69) is 47.9 Å². The van der Waals surface area contributed by atoms with Crippen molar-refractivity contribution in [1.29, 1.82) is 0 Å². The molecule has 2 aromatic rings. The molecule has 0 aliphatic carbocycles. The zero-order chi connectivity index (χ0) is 20.7. The van der Waals surface area contributed by atoms with Gasteiger partial charge in [-0.25, -0.2) is 0 Å². The van der Waals surface area contributed by atoms with Crippen LogP contribution in [0.3, 0.4) is 0 Å². The van der Waals surface area contributed by atoms with Crippen molar-refractivity contribution in [2.75, 3.05) is 52.8 Å². The molecule has 0 radical (unpaired) electrons. The van der Waals surface area contributed by atoms with E-state index in [0.29, 0.717) is 11.5 Å². The molecule has 1 N–H and O–H groups in total.